The monoisotopic (exact) mass is 1470 g/mol. The van der Waals surface area contributed by atoms with Crippen molar-refractivity contribution in [3.8, 4) is 0 Å². The van der Waals surface area contributed by atoms with Gasteiger partial charge in [-0.1, -0.05) is 328 Å². The molecular formula is C82H152O17P2. The van der Waals surface area contributed by atoms with Gasteiger partial charge in [0.05, 0.1) is 26.4 Å². The fraction of sp³-hybridized carbons (Fsp3) is 0.854. The molecule has 0 saturated carbocycles. The lowest BCUT2D eigenvalue weighted by molar-refractivity contribution is -0.161. The van der Waals surface area contributed by atoms with E-state index in [1.807, 2.05) is 0 Å². The van der Waals surface area contributed by atoms with Crippen LogP contribution in [0.5, 0.6) is 0 Å². The van der Waals surface area contributed by atoms with Crippen LogP contribution in [0.3, 0.4) is 0 Å². The van der Waals surface area contributed by atoms with Crippen LogP contribution in [-0.2, 0) is 65.4 Å². The van der Waals surface area contributed by atoms with Crippen molar-refractivity contribution >= 4 is 39.5 Å². The predicted molar refractivity (Wildman–Crippen MR) is 413 cm³/mol. The summed E-state index contributed by atoms with van der Waals surface area (Å²) in [6.45, 7) is 9.49. The number of hydrogen-bond donors (Lipinski definition) is 3. The van der Waals surface area contributed by atoms with Gasteiger partial charge in [-0.05, 0) is 88.9 Å². The highest BCUT2D eigenvalue weighted by molar-refractivity contribution is 7.47. The number of allylic oxidation sites excluding steroid dienone is 8. The summed E-state index contributed by atoms with van der Waals surface area (Å²) in [6, 6.07) is 0. The van der Waals surface area contributed by atoms with Gasteiger partial charge in [0.15, 0.2) is 12.2 Å². The van der Waals surface area contributed by atoms with Crippen molar-refractivity contribution < 1.29 is 80.2 Å². The predicted octanol–water partition coefficient (Wildman–Crippen LogP) is 23.8. The molecule has 0 amide bonds. The molecule has 17 nitrogen and oxygen atoms in total. The number of ether oxygens (including phenoxy) is 4. The standard InChI is InChI=1S/C82H152O17P2/c1-7-10-12-14-16-18-20-22-28-33-37-41-45-52-58-64-79(84)92-70-77(98-81(86)66-60-54-46-42-38-34-29-23-21-19-17-15-13-11-8-2)72-96-100(88,89)94-68-76(83)69-95-101(90,91)97-73-78(71-93-80(85)65-59-53-49-48-51-57-63-75(6)9-3)99-82(87)67-61-55-47-43-39-35-31-27-25-24-26-30-32-36-40-44-50-56-62-74(4)5/h18-23,28-29,74-78,83H,7-17,24-27,30-73H2,1-6H3,(H,88,89)(H,90,91)/b20-18-,21-19-,28-22-,29-23-/t75?,76-,77-,78-/m1/s1. The molecule has 0 rings (SSSR count). The Labute approximate surface area is 617 Å². The molecule has 19 heteroatoms. The Morgan fingerprint density at radius 1 is 0.327 bits per heavy atom. The molecule has 0 saturated heterocycles. The Kier molecular flexibility index (Phi) is 70.4. The van der Waals surface area contributed by atoms with Crippen LogP contribution in [0.2, 0.25) is 0 Å². The van der Waals surface area contributed by atoms with Crippen LogP contribution < -0.4 is 0 Å². The minimum Gasteiger partial charge on any atom is -0.462 e. The van der Waals surface area contributed by atoms with E-state index in [4.69, 9.17) is 37.0 Å². The molecule has 6 atom stereocenters. The van der Waals surface area contributed by atoms with Crippen LogP contribution >= 0.6 is 15.6 Å². The zero-order chi connectivity index (χ0) is 74.2. The van der Waals surface area contributed by atoms with Crippen molar-refractivity contribution in [3.63, 3.8) is 0 Å². The molecule has 0 aromatic rings. The second kappa shape index (κ2) is 72.6. The molecule has 0 fully saturated rings. The van der Waals surface area contributed by atoms with E-state index in [0.29, 0.717) is 25.7 Å². The van der Waals surface area contributed by atoms with Crippen molar-refractivity contribution in [2.24, 2.45) is 11.8 Å². The van der Waals surface area contributed by atoms with Gasteiger partial charge in [-0.15, -0.1) is 0 Å². The van der Waals surface area contributed by atoms with Gasteiger partial charge >= 0.3 is 39.5 Å². The third kappa shape index (κ3) is 73.7. The first-order valence-corrected chi connectivity index (χ1v) is 44.2. The van der Waals surface area contributed by atoms with Gasteiger partial charge < -0.3 is 33.8 Å². The largest absolute Gasteiger partial charge is 0.472 e. The second-order valence-electron chi connectivity index (χ2n) is 28.9. The fourth-order valence-corrected chi connectivity index (χ4v) is 13.2. The molecule has 0 aromatic carbocycles. The summed E-state index contributed by atoms with van der Waals surface area (Å²) < 4.78 is 68.6. The van der Waals surface area contributed by atoms with E-state index >= 15 is 0 Å². The van der Waals surface area contributed by atoms with Crippen molar-refractivity contribution in [1.29, 1.82) is 0 Å². The van der Waals surface area contributed by atoms with E-state index in [-0.39, 0.29) is 25.7 Å². The smallest absolute Gasteiger partial charge is 0.462 e. The average Bonchev–Trinajstić information content (AvgIpc) is 0.945. The summed E-state index contributed by atoms with van der Waals surface area (Å²) in [5.41, 5.74) is 0. The average molecular weight is 1470 g/mol. The van der Waals surface area contributed by atoms with Gasteiger partial charge in [-0.3, -0.25) is 37.3 Å². The number of phosphoric ester groups is 2. The first kappa shape index (κ1) is 98.0. The quantitative estimate of drug-likeness (QED) is 0.0169. The molecule has 0 aliphatic carbocycles. The number of aliphatic hydroxyl groups is 1. The zero-order valence-electron chi connectivity index (χ0n) is 65.2. The van der Waals surface area contributed by atoms with Crippen LogP contribution in [-0.4, -0.2) is 96.7 Å². The zero-order valence-corrected chi connectivity index (χ0v) is 67.0. The Morgan fingerprint density at radius 3 is 0.881 bits per heavy atom. The number of hydrogen-bond acceptors (Lipinski definition) is 15. The van der Waals surface area contributed by atoms with E-state index in [1.54, 1.807) is 0 Å². The maximum Gasteiger partial charge on any atom is 0.472 e. The summed E-state index contributed by atoms with van der Waals surface area (Å²) in [7, 11) is -9.95. The van der Waals surface area contributed by atoms with Crippen molar-refractivity contribution in [1.82, 2.24) is 0 Å². The molecule has 592 valence electrons. The third-order valence-corrected chi connectivity index (χ3v) is 20.2. The molecule has 3 N–H and O–H groups in total. The van der Waals surface area contributed by atoms with Crippen LogP contribution in [0, 0.1) is 11.8 Å². The number of carbonyl (C=O) groups excluding carboxylic acids is 4. The van der Waals surface area contributed by atoms with Crippen molar-refractivity contribution in [2.45, 2.75) is 400 Å². The summed E-state index contributed by atoms with van der Waals surface area (Å²) >= 11 is 0. The number of esters is 4. The van der Waals surface area contributed by atoms with E-state index in [1.165, 1.54) is 161 Å². The second-order valence-corrected chi connectivity index (χ2v) is 31.8. The molecule has 0 aliphatic rings. The van der Waals surface area contributed by atoms with Crippen LogP contribution in [0.15, 0.2) is 48.6 Å². The molecule has 3 unspecified atom stereocenters. The molecular weight excluding hydrogens is 1320 g/mol. The number of carbonyl (C=O) groups is 4. The topological polar surface area (TPSA) is 237 Å². The number of phosphoric acid groups is 2. The van der Waals surface area contributed by atoms with E-state index in [0.717, 1.165) is 140 Å². The highest BCUT2D eigenvalue weighted by Crippen LogP contribution is 2.45. The molecule has 101 heavy (non-hydrogen) atoms. The number of unbranched alkanes of at least 4 members (excludes halogenated alkanes) is 40. The van der Waals surface area contributed by atoms with E-state index in [2.05, 4.69) is 90.2 Å². The summed E-state index contributed by atoms with van der Waals surface area (Å²) in [4.78, 5) is 73.0. The minimum absolute atomic E-state index is 0.0781. The lowest BCUT2D eigenvalue weighted by Crippen LogP contribution is -2.30. The lowest BCUT2D eigenvalue weighted by Gasteiger charge is -2.21. The van der Waals surface area contributed by atoms with Crippen molar-refractivity contribution in [2.75, 3.05) is 39.6 Å². The SMILES string of the molecule is CCCCCC/C=C\C=C/CCCCCCCC(=O)OC[C@H](COP(=O)(O)OC[C@@H](O)COP(=O)(O)OC[C@@H](COC(=O)CCCCCCCCC(C)CC)OC(=O)CCCCCCCCCCCCCCCCCCCCC(C)C)OC(=O)CCCCCCC/C=C\C=C/CCCCCC. The fourth-order valence-electron chi connectivity index (χ4n) is 11.6. The Hall–Kier alpha value is -2.98. The van der Waals surface area contributed by atoms with Crippen LogP contribution in [0.1, 0.15) is 382 Å². The molecule has 0 heterocycles. The summed E-state index contributed by atoms with van der Waals surface area (Å²) in [5, 5.41) is 10.6. The number of rotatable bonds is 77. The first-order chi connectivity index (χ1) is 48.9. The van der Waals surface area contributed by atoms with E-state index in [9.17, 15) is 43.2 Å². The summed E-state index contributed by atoms with van der Waals surface area (Å²) in [5.74, 6) is -0.626. The Balaban J connectivity index is 5.27. The summed E-state index contributed by atoms with van der Waals surface area (Å²) in [6.07, 6.45) is 68.3. The Morgan fingerprint density at radius 2 is 0.584 bits per heavy atom. The maximum absolute atomic E-state index is 13.1. The highest BCUT2D eigenvalue weighted by Gasteiger charge is 2.30. The van der Waals surface area contributed by atoms with Crippen molar-refractivity contribution in [3.05, 3.63) is 48.6 Å². The van der Waals surface area contributed by atoms with Crippen LogP contribution in [0.25, 0.3) is 0 Å². The Bertz CT molecular complexity index is 2130. The van der Waals surface area contributed by atoms with Gasteiger partial charge in [0.2, 0.25) is 0 Å². The minimum atomic E-state index is -4.98. The first-order valence-electron chi connectivity index (χ1n) is 41.2. The van der Waals surface area contributed by atoms with Gasteiger partial charge in [0.25, 0.3) is 0 Å². The highest BCUT2D eigenvalue weighted by atomic mass is 31.2. The molecule has 0 aromatic heterocycles. The van der Waals surface area contributed by atoms with Gasteiger partial charge in [0, 0.05) is 25.7 Å². The van der Waals surface area contributed by atoms with E-state index < -0.39 is 97.5 Å². The third-order valence-electron chi connectivity index (χ3n) is 18.3. The maximum atomic E-state index is 13.1. The van der Waals surface area contributed by atoms with Gasteiger partial charge in [0.1, 0.15) is 19.3 Å². The molecule has 0 radical (unpaired) electrons. The molecule has 0 aliphatic heterocycles. The molecule has 0 bridgehead atoms. The van der Waals surface area contributed by atoms with Gasteiger partial charge in [-0.25, -0.2) is 9.13 Å². The van der Waals surface area contributed by atoms with Gasteiger partial charge in [-0.2, -0.15) is 0 Å². The normalized spacial score (nSPS) is 14.5. The molecule has 0 spiro atoms. The lowest BCUT2D eigenvalue weighted by atomic mass is 10.00. The number of aliphatic hydroxyl groups excluding tert-OH is 1. The van der Waals surface area contributed by atoms with Crippen LogP contribution in [0.4, 0.5) is 0 Å².